The molecule has 5 N–H and O–H groups in total. The van der Waals surface area contributed by atoms with E-state index >= 15 is 0 Å². The van der Waals surface area contributed by atoms with Crippen molar-refractivity contribution < 1.29 is 39.4 Å². The maximum atomic E-state index is 9.68. The summed E-state index contributed by atoms with van der Waals surface area (Å²) in [6, 6.07) is 26.1. The molecule has 0 fully saturated rings. The third-order valence-electron chi connectivity index (χ3n) is 11.2. The Balaban J connectivity index is 1.19. The van der Waals surface area contributed by atoms with Gasteiger partial charge in [0.05, 0.1) is 40.4 Å². The van der Waals surface area contributed by atoms with Gasteiger partial charge in [0, 0.05) is 79.3 Å². The molecule has 0 aliphatic heterocycles. The van der Waals surface area contributed by atoms with Gasteiger partial charge in [-0.25, -0.2) is 0 Å². The molecule has 6 aromatic rings. The van der Waals surface area contributed by atoms with Gasteiger partial charge in [-0.05, 0) is 89.9 Å². The standard InChI is InChI=1S/C51H51Cl2N5O8/c1-32-40(30-65-50-15-48(63-28-37-11-35(17-54)19-56-21-37)39(13-46(50)52)10-9-34(24-59)25-60)5-3-7-44(32)45-8-4-6-41(33(45)2)31-66-51-16-49(64-29-38-12-36(18-55)20-57-22-38)42(14-47(51)53)23-58-43(26-61)27-62/h3-8,11-16,19-22,34,43,58-62H,9-10,23-31H2,1-2H3. The molecule has 0 radical (unpaired) electrons. The molecule has 0 aliphatic rings. The van der Waals surface area contributed by atoms with Crippen molar-refractivity contribution in [2.75, 3.05) is 26.4 Å². The lowest BCUT2D eigenvalue weighted by atomic mass is 9.92. The lowest BCUT2D eigenvalue weighted by Crippen LogP contribution is -2.35. The van der Waals surface area contributed by atoms with Crippen LogP contribution in [0.25, 0.3) is 11.1 Å². The van der Waals surface area contributed by atoms with E-state index in [9.17, 15) is 30.9 Å². The second-order valence-electron chi connectivity index (χ2n) is 15.7. The van der Waals surface area contributed by atoms with Crippen LogP contribution >= 0.6 is 23.2 Å². The van der Waals surface area contributed by atoms with Crippen molar-refractivity contribution in [2.24, 2.45) is 5.92 Å². The van der Waals surface area contributed by atoms with Crippen molar-refractivity contribution in [1.29, 1.82) is 10.5 Å². The lowest BCUT2D eigenvalue weighted by molar-refractivity contribution is 0.144. The zero-order valence-electron chi connectivity index (χ0n) is 36.6. The van der Waals surface area contributed by atoms with Gasteiger partial charge in [-0.2, -0.15) is 10.5 Å². The fourth-order valence-electron chi connectivity index (χ4n) is 7.17. The van der Waals surface area contributed by atoms with Crippen LogP contribution in [0.1, 0.15) is 62.1 Å². The number of nitriles is 2. The first-order valence-electron chi connectivity index (χ1n) is 21.3. The van der Waals surface area contributed by atoms with Crippen LogP contribution in [0.15, 0.2) is 97.6 Å². The number of aliphatic hydroxyl groups is 4. The topological polar surface area (TPSA) is 203 Å². The van der Waals surface area contributed by atoms with Crippen LogP contribution in [-0.4, -0.2) is 62.9 Å². The molecule has 0 spiro atoms. The lowest BCUT2D eigenvalue weighted by Gasteiger charge is -2.19. The number of nitrogens with one attached hydrogen (secondary N) is 1. The number of hydrogen-bond acceptors (Lipinski definition) is 13. The summed E-state index contributed by atoms with van der Waals surface area (Å²) < 4.78 is 25.2. The first-order chi connectivity index (χ1) is 32.1. The third-order valence-corrected chi connectivity index (χ3v) is 11.8. The van der Waals surface area contributed by atoms with E-state index in [4.69, 9.17) is 42.1 Å². The van der Waals surface area contributed by atoms with Crippen LogP contribution in [0.2, 0.25) is 10.0 Å². The summed E-state index contributed by atoms with van der Waals surface area (Å²) >= 11 is 13.6. The molecule has 4 aromatic carbocycles. The van der Waals surface area contributed by atoms with Crippen LogP contribution in [0.4, 0.5) is 0 Å². The number of aryl methyl sites for hydroxylation is 1. The van der Waals surface area contributed by atoms with Crippen LogP contribution in [-0.2, 0) is 39.4 Å². The second kappa shape index (κ2) is 24.3. The average Bonchev–Trinajstić information content (AvgIpc) is 3.34. The van der Waals surface area contributed by atoms with E-state index in [0.29, 0.717) is 73.7 Å². The molecule has 0 aliphatic carbocycles. The van der Waals surface area contributed by atoms with Gasteiger partial charge in [-0.1, -0.05) is 59.6 Å². The fraction of sp³-hybridized carbons (Fsp3) is 0.294. The van der Waals surface area contributed by atoms with E-state index in [1.807, 2.05) is 38.1 Å². The molecule has 2 aromatic heterocycles. The highest BCUT2D eigenvalue weighted by molar-refractivity contribution is 6.32. The van der Waals surface area contributed by atoms with Gasteiger partial charge < -0.3 is 44.7 Å². The number of ether oxygens (including phenoxy) is 4. The quantitative estimate of drug-likeness (QED) is 0.0413. The fourth-order valence-corrected chi connectivity index (χ4v) is 7.65. The van der Waals surface area contributed by atoms with Gasteiger partial charge in [0.25, 0.3) is 0 Å². The van der Waals surface area contributed by atoms with Crippen molar-refractivity contribution in [3.05, 3.63) is 163 Å². The Morgan fingerprint density at radius 2 is 1.05 bits per heavy atom. The highest BCUT2D eigenvalue weighted by atomic mass is 35.5. The maximum absolute atomic E-state index is 9.68. The maximum Gasteiger partial charge on any atom is 0.142 e. The molecule has 0 bridgehead atoms. The summed E-state index contributed by atoms with van der Waals surface area (Å²) in [5, 5.41) is 61.1. The van der Waals surface area contributed by atoms with Crippen molar-refractivity contribution >= 4 is 23.2 Å². The molecule has 15 heteroatoms. The average molecular weight is 933 g/mol. The number of hydrogen-bond donors (Lipinski definition) is 5. The van der Waals surface area contributed by atoms with Crippen LogP contribution in [0.3, 0.4) is 0 Å². The van der Waals surface area contributed by atoms with Crippen molar-refractivity contribution in [2.45, 2.75) is 65.7 Å². The van der Waals surface area contributed by atoms with Gasteiger partial charge in [-0.3, -0.25) is 9.97 Å². The predicted octanol–water partition coefficient (Wildman–Crippen LogP) is 8.10. The van der Waals surface area contributed by atoms with Crippen LogP contribution in [0, 0.1) is 42.4 Å². The predicted molar refractivity (Wildman–Crippen MR) is 250 cm³/mol. The second-order valence-corrected chi connectivity index (χ2v) is 16.5. The number of rotatable bonds is 23. The van der Waals surface area contributed by atoms with E-state index in [1.165, 1.54) is 12.4 Å². The highest BCUT2D eigenvalue weighted by Gasteiger charge is 2.18. The Morgan fingerprint density at radius 3 is 1.52 bits per heavy atom. The van der Waals surface area contributed by atoms with Gasteiger partial charge >= 0.3 is 0 Å². The molecular weight excluding hydrogens is 881 g/mol. The minimum absolute atomic E-state index is 0.122. The normalized spacial score (nSPS) is 11.1. The number of aromatic nitrogens is 2. The zero-order valence-corrected chi connectivity index (χ0v) is 38.1. The van der Waals surface area contributed by atoms with E-state index in [0.717, 1.165) is 38.9 Å². The summed E-state index contributed by atoms with van der Waals surface area (Å²) in [5.41, 5.74) is 9.64. The summed E-state index contributed by atoms with van der Waals surface area (Å²) in [5.74, 6) is 1.51. The first-order valence-corrected chi connectivity index (χ1v) is 22.0. The largest absolute Gasteiger partial charge is 0.488 e. The highest BCUT2D eigenvalue weighted by Crippen LogP contribution is 2.38. The Morgan fingerprint density at radius 1 is 0.576 bits per heavy atom. The third kappa shape index (κ3) is 13.0. The number of pyridine rings is 2. The molecule has 2 heterocycles. The monoisotopic (exact) mass is 931 g/mol. The molecule has 66 heavy (non-hydrogen) atoms. The number of aliphatic hydroxyl groups excluding tert-OH is 4. The van der Waals surface area contributed by atoms with E-state index in [2.05, 4.69) is 39.6 Å². The molecule has 342 valence electrons. The smallest absolute Gasteiger partial charge is 0.142 e. The Kier molecular flexibility index (Phi) is 18.1. The SMILES string of the molecule is Cc1c(COc2cc(OCc3cncc(C#N)c3)c(CCC(CO)CO)cc2Cl)cccc1-c1cccc(COc2cc(OCc3cncc(C#N)c3)c(CNC(CO)CO)cc2Cl)c1C. The molecule has 6 rings (SSSR count). The summed E-state index contributed by atoms with van der Waals surface area (Å²) in [7, 11) is 0. The number of benzene rings is 4. The van der Waals surface area contributed by atoms with Gasteiger partial charge in [0.1, 0.15) is 61.6 Å². The van der Waals surface area contributed by atoms with Crippen molar-refractivity contribution in [1.82, 2.24) is 15.3 Å². The minimum Gasteiger partial charge on any atom is -0.488 e. The van der Waals surface area contributed by atoms with Gasteiger partial charge in [-0.15, -0.1) is 0 Å². The van der Waals surface area contributed by atoms with E-state index < -0.39 is 6.04 Å². The summed E-state index contributed by atoms with van der Waals surface area (Å²) in [4.78, 5) is 8.26. The molecule has 0 saturated carbocycles. The molecule has 0 atom stereocenters. The Bertz CT molecular complexity index is 2500. The minimum atomic E-state index is -0.540. The molecule has 13 nitrogen and oxygen atoms in total. The number of nitrogens with zero attached hydrogens (tertiary/aromatic N) is 4. The Labute approximate surface area is 394 Å². The first kappa shape index (κ1) is 49.2. The van der Waals surface area contributed by atoms with Crippen LogP contribution < -0.4 is 24.3 Å². The molecular formula is C51H51Cl2N5O8. The van der Waals surface area contributed by atoms with Gasteiger partial charge in [0.15, 0.2) is 0 Å². The molecule has 0 saturated heterocycles. The molecule has 0 unspecified atom stereocenters. The number of halogens is 2. The van der Waals surface area contributed by atoms with Crippen LogP contribution in [0.5, 0.6) is 23.0 Å². The summed E-state index contributed by atoms with van der Waals surface area (Å²) in [6.07, 6.45) is 7.22. The zero-order chi connectivity index (χ0) is 47.0. The van der Waals surface area contributed by atoms with Crippen molar-refractivity contribution in [3.8, 4) is 46.3 Å². The van der Waals surface area contributed by atoms with E-state index in [1.54, 1.807) is 48.8 Å². The Hall–Kier alpha value is -6.26. The van der Waals surface area contributed by atoms with Crippen molar-refractivity contribution in [3.63, 3.8) is 0 Å². The summed E-state index contributed by atoms with van der Waals surface area (Å²) in [6.45, 7) is 4.20. The molecule has 0 amide bonds. The van der Waals surface area contributed by atoms with Gasteiger partial charge in [0.2, 0.25) is 0 Å². The van der Waals surface area contributed by atoms with E-state index in [-0.39, 0.29) is 65.3 Å².